The summed E-state index contributed by atoms with van der Waals surface area (Å²) in [6.07, 6.45) is 1.03. The molecule has 1 saturated heterocycles. The maximum Gasteiger partial charge on any atom is 0.123 e. The fourth-order valence-corrected chi connectivity index (χ4v) is 2.84. The Labute approximate surface area is 119 Å². The second-order valence-electron chi connectivity index (χ2n) is 5.13. The van der Waals surface area contributed by atoms with Crippen LogP contribution in [-0.4, -0.2) is 19.6 Å². The summed E-state index contributed by atoms with van der Waals surface area (Å²) in [5, 5.41) is 3.44. The van der Waals surface area contributed by atoms with Crippen LogP contribution in [-0.2, 0) is 0 Å². The van der Waals surface area contributed by atoms with Gasteiger partial charge in [0.15, 0.2) is 0 Å². The van der Waals surface area contributed by atoms with Crippen molar-refractivity contribution in [2.45, 2.75) is 12.5 Å². The van der Waals surface area contributed by atoms with Crippen LogP contribution < -0.4 is 10.2 Å². The number of para-hydroxylation sites is 1. The first-order valence-corrected chi connectivity index (χ1v) is 7.12. The van der Waals surface area contributed by atoms with Gasteiger partial charge in [0.2, 0.25) is 0 Å². The Bertz CT molecular complexity index is 539. The largest absolute Gasteiger partial charge is 0.363 e. The van der Waals surface area contributed by atoms with Crippen molar-refractivity contribution < 1.29 is 4.39 Å². The second-order valence-corrected chi connectivity index (χ2v) is 5.13. The summed E-state index contributed by atoms with van der Waals surface area (Å²) >= 11 is 0. The van der Waals surface area contributed by atoms with Crippen LogP contribution in [0.2, 0.25) is 0 Å². The zero-order valence-electron chi connectivity index (χ0n) is 11.4. The van der Waals surface area contributed by atoms with E-state index in [0.717, 1.165) is 26.1 Å². The molecule has 0 spiro atoms. The molecule has 0 bridgehead atoms. The van der Waals surface area contributed by atoms with Gasteiger partial charge in [-0.05, 0) is 42.8 Å². The maximum atomic E-state index is 13.1. The van der Waals surface area contributed by atoms with Crippen molar-refractivity contribution in [3.8, 4) is 0 Å². The molecule has 2 aromatic rings. The van der Waals surface area contributed by atoms with Gasteiger partial charge in [-0.25, -0.2) is 4.39 Å². The van der Waals surface area contributed by atoms with Gasteiger partial charge in [0.25, 0.3) is 0 Å². The van der Waals surface area contributed by atoms with Crippen LogP contribution in [0, 0.1) is 5.82 Å². The fourth-order valence-electron chi connectivity index (χ4n) is 2.84. The quantitative estimate of drug-likeness (QED) is 0.900. The SMILES string of the molecule is Fc1ccc([C@H]2CCNCCN2c2ccccc2)cc1. The number of nitrogens with one attached hydrogen (secondary N) is 1. The number of anilines is 1. The van der Waals surface area contributed by atoms with Crippen LogP contribution in [0.15, 0.2) is 54.6 Å². The van der Waals surface area contributed by atoms with Gasteiger partial charge in [-0.15, -0.1) is 0 Å². The van der Waals surface area contributed by atoms with E-state index in [1.807, 2.05) is 18.2 Å². The molecule has 0 aliphatic carbocycles. The molecule has 0 saturated carbocycles. The third-order valence-corrected chi connectivity index (χ3v) is 3.84. The molecule has 2 nitrogen and oxygen atoms in total. The number of nitrogens with zero attached hydrogens (tertiary/aromatic N) is 1. The Morgan fingerprint density at radius 2 is 1.70 bits per heavy atom. The first-order valence-electron chi connectivity index (χ1n) is 7.12. The van der Waals surface area contributed by atoms with Gasteiger partial charge < -0.3 is 10.2 Å². The Kier molecular flexibility index (Phi) is 3.97. The Balaban J connectivity index is 1.93. The first-order chi connectivity index (χ1) is 9.84. The van der Waals surface area contributed by atoms with Crippen molar-refractivity contribution >= 4 is 5.69 Å². The van der Waals surface area contributed by atoms with Crippen molar-refractivity contribution in [2.75, 3.05) is 24.5 Å². The highest BCUT2D eigenvalue weighted by Crippen LogP contribution is 2.30. The maximum absolute atomic E-state index is 13.1. The average molecular weight is 270 g/mol. The Morgan fingerprint density at radius 1 is 0.950 bits per heavy atom. The molecule has 0 aromatic heterocycles. The van der Waals surface area contributed by atoms with Crippen LogP contribution in [0.1, 0.15) is 18.0 Å². The molecule has 1 atom stereocenters. The molecule has 0 amide bonds. The van der Waals surface area contributed by atoms with E-state index in [1.165, 1.54) is 11.3 Å². The summed E-state index contributed by atoms with van der Waals surface area (Å²) in [5.74, 6) is -0.174. The normalized spacial score (nSPS) is 19.6. The third-order valence-electron chi connectivity index (χ3n) is 3.84. The molecule has 1 aliphatic heterocycles. The van der Waals surface area contributed by atoms with Gasteiger partial charge in [0.05, 0.1) is 6.04 Å². The average Bonchev–Trinajstić information content (AvgIpc) is 2.75. The highest BCUT2D eigenvalue weighted by Gasteiger charge is 2.22. The van der Waals surface area contributed by atoms with E-state index in [1.54, 1.807) is 12.1 Å². The van der Waals surface area contributed by atoms with Gasteiger partial charge >= 0.3 is 0 Å². The molecule has 3 heteroatoms. The molecule has 1 N–H and O–H groups in total. The molecule has 2 aromatic carbocycles. The van der Waals surface area contributed by atoms with Gasteiger partial charge in [-0.2, -0.15) is 0 Å². The fraction of sp³-hybridized carbons (Fsp3) is 0.294. The highest BCUT2D eigenvalue weighted by atomic mass is 19.1. The zero-order valence-corrected chi connectivity index (χ0v) is 11.4. The van der Waals surface area contributed by atoms with E-state index >= 15 is 0 Å². The van der Waals surface area contributed by atoms with E-state index in [4.69, 9.17) is 0 Å². The minimum absolute atomic E-state index is 0.174. The van der Waals surface area contributed by atoms with Crippen LogP contribution in [0.3, 0.4) is 0 Å². The van der Waals surface area contributed by atoms with Gasteiger partial charge in [0.1, 0.15) is 5.82 Å². The monoisotopic (exact) mass is 270 g/mol. The smallest absolute Gasteiger partial charge is 0.123 e. The molecule has 0 radical (unpaired) electrons. The predicted molar refractivity (Wildman–Crippen MR) is 80.4 cm³/mol. The van der Waals surface area contributed by atoms with Crippen LogP contribution in [0.4, 0.5) is 10.1 Å². The number of halogens is 1. The predicted octanol–water partition coefficient (Wildman–Crippen LogP) is 3.37. The Hall–Kier alpha value is -1.87. The minimum Gasteiger partial charge on any atom is -0.363 e. The molecule has 20 heavy (non-hydrogen) atoms. The molecular formula is C17H19FN2. The van der Waals surface area contributed by atoms with Crippen LogP contribution in [0.5, 0.6) is 0 Å². The van der Waals surface area contributed by atoms with E-state index in [9.17, 15) is 4.39 Å². The summed E-state index contributed by atoms with van der Waals surface area (Å²) in [6, 6.07) is 17.7. The third kappa shape index (κ3) is 2.83. The summed E-state index contributed by atoms with van der Waals surface area (Å²) in [5.41, 5.74) is 2.41. The van der Waals surface area contributed by atoms with Gasteiger partial charge in [0, 0.05) is 18.8 Å². The lowest BCUT2D eigenvalue weighted by Gasteiger charge is -2.32. The molecule has 1 heterocycles. The van der Waals surface area contributed by atoms with Gasteiger partial charge in [-0.1, -0.05) is 30.3 Å². The number of hydrogen-bond donors (Lipinski definition) is 1. The highest BCUT2D eigenvalue weighted by molar-refractivity contribution is 5.49. The van der Waals surface area contributed by atoms with Crippen LogP contribution in [0.25, 0.3) is 0 Å². The lowest BCUT2D eigenvalue weighted by Crippen LogP contribution is -2.30. The van der Waals surface area contributed by atoms with Gasteiger partial charge in [-0.3, -0.25) is 0 Å². The molecule has 1 fully saturated rings. The van der Waals surface area contributed by atoms with Crippen molar-refractivity contribution in [3.05, 3.63) is 66.0 Å². The molecule has 1 aliphatic rings. The van der Waals surface area contributed by atoms with E-state index in [0.29, 0.717) is 6.04 Å². The molecular weight excluding hydrogens is 251 g/mol. The number of hydrogen-bond acceptors (Lipinski definition) is 2. The summed E-state index contributed by atoms with van der Waals surface area (Å²) in [7, 11) is 0. The van der Waals surface area contributed by atoms with Crippen molar-refractivity contribution in [1.29, 1.82) is 0 Å². The zero-order chi connectivity index (χ0) is 13.8. The van der Waals surface area contributed by atoms with Crippen molar-refractivity contribution in [2.24, 2.45) is 0 Å². The standard InChI is InChI=1S/C17H19FN2/c18-15-8-6-14(7-9-15)17-10-11-19-12-13-20(17)16-4-2-1-3-5-16/h1-9,17,19H,10-13H2/t17-/m1/s1. The second kappa shape index (κ2) is 6.06. The van der Waals surface area contributed by atoms with Crippen molar-refractivity contribution in [3.63, 3.8) is 0 Å². The molecule has 0 unspecified atom stereocenters. The lowest BCUT2D eigenvalue weighted by molar-refractivity contribution is 0.605. The van der Waals surface area contributed by atoms with E-state index < -0.39 is 0 Å². The summed E-state index contributed by atoms with van der Waals surface area (Å²) < 4.78 is 13.1. The topological polar surface area (TPSA) is 15.3 Å². The Morgan fingerprint density at radius 3 is 2.45 bits per heavy atom. The summed E-state index contributed by atoms with van der Waals surface area (Å²) in [4.78, 5) is 2.41. The lowest BCUT2D eigenvalue weighted by atomic mass is 10.0. The van der Waals surface area contributed by atoms with E-state index in [-0.39, 0.29) is 5.82 Å². The molecule has 104 valence electrons. The number of benzene rings is 2. The molecule has 3 rings (SSSR count). The van der Waals surface area contributed by atoms with Crippen LogP contribution >= 0.6 is 0 Å². The first kappa shape index (κ1) is 13.1. The van der Waals surface area contributed by atoms with Crippen molar-refractivity contribution in [1.82, 2.24) is 5.32 Å². The number of rotatable bonds is 2. The summed E-state index contributed by atoms with van der Waals surface area (Å²) in [6.45, 7) is 2.93. The minimum atomic E-state index is -0.174. The van der Waals surface area contributed by atoms with E-state index in [2.05, 4.69) is 34.5 Å².